The fraction of sp³-hybridized carbons (Fsp3) is 1.00. The number of rotatable bonds is 6. The fourth-order valence-corrected chi connectivity index (χ4v) is 1.21. The van der Waals surface area contributed by atoms with E-state index in [4.69, 9.17) is 0 Å². The number of alkyl halides is 1. The van der Waals surface area contributed by atoms with Crippen LogP contribution in [0.1, 0.15) is 46.5 Å². The van der Waals surface area contributed by atoms with Crippen molar-refractivity contribution >= 4 is 0 Å². The maximum atomic E-state index is 11.8. The van der Waals surface area contributed by atoms with E-state index >= 15 is 0 Å². The molecule has 0 nitrogen and oxygen atoms in total. The molecule has 0 aliphatic rings. The molecule has 0 saturated carbocycles. The van der Waals surface area contributed by atoms with Crippen LogP contribution in [0.4, 0.5) is 4.39 Å². The molecular formula is C10H21F. The third-order valence-corrected chi connectivity index (χ3v) is 2.08. The number of halogens is 1. The molecule has 0 aromatic carbocycles. The zero-order valence-electron chi connectivity index (χ0n) is 8.07. The molecule has 1 atom stereocenters. The highest BCUT2D eigenvalue weighted by atomic mass is 19.1. The van der Waals surface area contributed by atoms with Crippen molar-refractivity contribution in [2.75, 3.05) is 6.67 Å². The van der Waals surface area contributed by atoms with E-state index in [1.807, 2.05) is 0 Å². The lowest BCUT2D eigenvalue weighted by molar-refractivity contribution is 0.373. The van der Waals surface area contributed by atoms with Crippen LogP contribution >= 0.6 is 0 Å². The Bertz CT molecular complexity index is 78.9. The SMILES string of the molecule is CC(C)CCCC(C)CCF. The van der Waals surface area contributed by atoms with E-state index in [1.165, 1.54) is 19.3 Å². The lowest BCUT2D eigenvalue weighted by atomic mass is 9.98. The maximum absolute atomic E-state index is 11.8. The molecule has 0 amide bonds. The predicted molar refractivity (Wildman–Crippen MR) is 48.4 cm³/mol. The van der Waals surface area contributed by atoms with Gasteiger partial charge in [-0.3, -0.25) is 4.39 Å². The monoisotopic (exact) mass is 160 g/mol. The second-order valence-electron chi connectivity index (χ2n) is 3.91. The van der Waals surface area contributed by atoms with Gasteiger partial charge in [-0.2, -0.15) is 0 Å². The zero-order valence-corrected chi connectivity index (χ0v) is 8.07. The second kappa shape index (κ2) is 6.63. The first-order chi connectivity index (χ1) is 5.16. The molecule has 0 aromatic rings. The van der Waals surface area contributed by atoms with Gasteiger partial charge in [-0.1, -0.05) is 40.0 Å². The van der Waals surface area contributed by atoms with E-state index in [9.17, 15) is 4.39 Å². The summed E-state index contributed by atoms with van der Waals surface area (Å²) in [5, 5.41) is 0. The van der Waals surface area contributed by atoms with Crippen molar-refractivity contribution in [3.8, 4) is 0 Å². The van der Waals surface area contributed by atoms with Gasteiger partial charge in [0.05, 0.1) is 6.67 Å². The molecule has 0 aliphatic carbocycles. The van der Waals surface area contributed by atoms with Crippen molar-refractivity contribution in [2.45, 2.75) is 46.5 Å². The molecule has 0 heterocycles. The van der Waals surface area contributed by atoms with Gasteiger partial charge in [0.25, 0.3) is 0 Å². The molecule has 0 aromatic heterocycles. The third kappa shape index (κ3) is 7.83. The Hall–Kier alpha value is -0.0700. The van der Waals surface area contributed by atoms with Crippen LogP contribution in [0.25, 0.3) is 0 Å². The molecule has 0 fully saturated rings. The van der Waals surface area contributed by atoms with Crippen LogP contribution in [-0.4, -0.2) is 6.67 Å². The molecule has 0 radical (unpaired) electrons. The average Bonchev–Trinajstić information content (AvgIpc) is 1.87. The van der Waals surface area contributed by atoms with Crippen molar-refractivity contribution in [3.05, 3.63) is 0 Å². The van der Waals surface area contributed by atoms with Gasteiger partial charge >= 0.3 is 0 Å². The van der Waals surface area contributed by atoms with Crippen LogP contribution in [0.15, 0.2) is 0 Å². The summed E-state index contributed by atoms with van der Waals surface area (Å²) in [6, 6.07) is 0. The predicted octanol–water partition coefficient (Wildman–Crippen LogP) is 3.81. The molecule has 1 heteroatoms. The summed E-state index contributed by atoms with van der Waals surface area (Å²) in [5.74, 6) is 1.38. The van der Waals surface area contributed by atoms with E-state index in [2.05, 4.69) is 20.8 Å². The highest BCUT2D eigenvalue weighted by molar-refractivity contribution is 4.54. The summed E-state index contributed by atoms with van der Waals surface area (Å²) in [7, 11) is 0. The second-order valence-corrected chi connectivity index (χ2v) is 3.91. The minimum atomic E-state index is -0.150. The summed E-state index contributed by atoms with van der Waals surface area (Å²) in [5.41, 5.74) is 0. The molecule has 11 heavy (non-hydrogen) atoms. The minimum Gasteiger partial charge on any atom is -0.251 e. The minimum absolute atomic E-state index is 0.150. The number of hydrogen-bond donors (Lipinski definition) is 0. The van der Waals surface area contributed by atoms with E-state index in [1.54, 1.807) is 0 Å². The van der Waals surface area contributed by atoms with Gasteiger partial charge < -0.3 is 0 Å². The van der Waals surface area contributed by atoms with Crippen LogP contribution in [0.5, 0.6) is 0 Å². The molecule has 68 valence electrons. The fourth-order valence-electron chi connectivity index (χ4n) is 1.21. The summed E-state index contributed by atoms with van der Waals surface area (Å²) in [6.45, 7) is 6.46. The Morgan fingerprint density at radius 3 is 2.09 bits per heavy atom. The average molecular weight is 160 g/mol. The Morgan fingerprint density at radius 1 is 1.00 bits per heavy atom. The molecule has 0 rings (SSSR count). The summed E-state index contributed by atoms with van der Waals surface area (Å²) in [4.78, 5) is 0. The Labute approximate surface area is 70.2 Å². The van der Waals surface area contributed by atoms with Gasteiger partial charge in [0.1, 0.15) is 0 Å². The van der Waals surface area contributed by atoms with Gasteiger partial charge in [0.15, 0.2) is 0 Å². The summed E-state index contributed by atoms with van der Waals surface area (Å²) in [6.07, 6.45) is 4.50. The first-order valence-electron chi connectivity index (χ1n) is 4.72. The quantitative estimate of drug-likeness (QED) is 0.554. The van der Waals surface area contributed by atoms with Crippen molar-refractivity contribution in [2.24, 2.45) is 11.8 Å². The first-order valence-corrected chi connectivity index (χ1v) is 4.72. The largest absolute Gasteiger partial charge is 0.251 e. The maximum Gasteiger partial charge on any atom is 0.0897 e. The third-order valence-electron chi connectivity index (χ3n) is 2.08. The van der Waals surface area contributed by atoms with Crippen LogP contribution < -0.4 is 0 Å². The normalized spacial score (nSPS) is 13.9. The lowest BCUT2D eigenvalue weighted by Crippen LogP contribution is -1.97. The van der Waals surface area contributed by atoms with Crippen LogP contribution in [0.2, 0.25) is 0 Å². The van der Waals surface area contributed by atoms with Crippen LogP contribution in [0, 0.1) is 11.8 Å². The smallest absolute Gasteiger partial charge is 0.0897 e. The topological polar surface area (TPSA) is 0 Å². The molecule has 1 unspecified atom stereocenters. The van der Waals surface area contributed by atoms with Crippen molar-refractivity contribution in [3.63, 3.8) is 0 Å². The zero-order chi connectivity index (χ0) is 8.69. The number of hydrogen-bond acceptors (Lipinski definition) is 0. The van der Waals surface area contributed by atoms with Gasteiger partial charge in [-0.15, -0.1) is 0 Å². The lowest BCUT2D eigenvalue weighted by Gasteiger charge is -2.09. The molecule has 0 spiro atoms. The Morgan fingerprint density at radius 2 is 1.64 bits per heavy atom. The van der Waals surface area contributed by atoms with Crippen LogP contribution in [0.3, 0.4) is 0 Å². The Kier molecular flexibility index (Phi) is 6.59. The standard InChI is InChI=1S/C10H21F/c1-9(2)5-4-6-10(3)7-8-11/h9-10H,4-8H2,1-3H3. The van der Waals surface area contributed by atoms with Crippen molar-refractivity contribution in [1.82, 2.24) is 0 Å². The summed E-state index contributed by atoms with van der Waals surface area (Å²) < 4.78 is 11.8. The Balaban J connectivity index is 3.10. The summed E-state index contributed by atoms with van der Waals surface area (Å²) >= 11 is 0. The molecular weight excluding hydrogens is 139 g/mol. The van der Waals surface area contributed by atoms with E-state index in [0.717, 1.165) is 12.3 Å². The van der Waals surface area contributed by atoms with Crippen molar-refractivity contribution in [1.29, 1.82) is 0 Å². The van der Waals surface area contributed by atoms with Gasteiger partial charge in [-0.05, 0) is 18.3 Å². The highest BCUT2D eigenvalue weighted by Gasteiger charge is 2.01. The first kappa shape index (κ1) is 10.9. The van der Waals surface area contributed by atoms with Gasteiger partial charge in [0.2, 0.25) is 0 Å². The van der Waals surface area contributed by atoms with Gasteiger partial charge in [0, 0.05) is 0 Å². The molecule has 0 saturated heterocycles. The highest BCUT2D eigenvalue weighted by Crippen LogP contribution is 2.14. The van der Waals surface area contributed by atoms with Crippen LogP contribution in [-0.2, 0) is 0 Å². The van der Waals surface area contributed by atoms with Crippen molar-refractivity contribution < 1.29 is 4.39 Å². The van der Waals surface area contributed by atoms with E-state index < -0.39 is 0 Å². The van der Waals surface area contributed by atoms with E-state index in [0.29, 0.717) is 5.92 Å². The van der Waals surface area contributed by atoms with Gasteiger partial charge in [-0.25, -0.2) is 0 Å². The van der Waals surface area contributed by atoms with E-state index in [-0.39, 0.29) is 6.67 Å². The molecule has 0 bridgehead atoms. The molecule has 0 N–H and O–H groups in total. The molecule has 0 aliphatic heterocycles.